The molecule has 1 aliphatic heterocycles. The summed E-state index contributed by atoms with van der Waals surface area (Å²) in [7, 11) is 0. The minimum atomic E-state index is -1.28. The maximum absolute atomic E-state index is 13.9. The van der Waals surface area contributed by atoms with E-state index >= 15 is 0 Å². The number of aryl methyl sites for hydroxylation is 1. The number of carbonyl (C=O) groups excluding carboxylic acids is 2. The lowest BCUT2D eigenvalue weighted by Gasteiger charge is -2.29. The van der Waals surface area contributed by atoms with Crippen LogP contribution in [-0.2, 0) is 16.8 Å². The maximum Gasteiger partial charge on any atom is 0.408 e. The van der Waals surface area contributed by atoms with Crippen LogP contribution in [0, 0.1) is 6.92 Å². The Balaban J connectivity index is 1.47. The molecule has 0 radical (unpaired) electrons. The van der Waals surface area contributed by atoms with Gasteiger partial charge in [-0.2, -0.15) is 0 Å². The van der Waals surface area contributed by atoms with Crippen molar-refractivity contribution in [1.29, 1.82) is 0 Å². The van der Waals surface area contributed by atoms with E-state index < -0.39 is 17.2 Å². The molecule has 44 heavy (non-hydrogen) atoms. The van der Waals surface area contributed by atoms with E-state index in [-0.39, 0.29) is 23.7 Å². The lowest BCUT2D eigenvalue weighted by molar-refractivity contribution is -0.00123. The number of ether oxygens (including phenoxy) is 1. The van der Waals surface area contributed by atoms with Crippen LogP contribution in [0.2, 0.25) is 0 Å². The third kappa shape index (κ3) is 7.24. The van der Waals surface area contributed by atoms with E-state index in [1.165, 1.54) is 0 Å². The van der Waals surface area contributed by atoms with Gasteiger partial charge in [-0.25, -0.2) is 14.8 Å². The van der Waals surface area contributed by atoms with Gasteiger partial charge in [0.1, 0.15) is 16.5 Å². The van der Waals surface area contributed by atoms with Crippen LogP contribution in [0.25, 0.3) is 11.6 Å². The molecule has 1 fully saturated rings. The molecule has 0 aliphatic carbocycles. The van der Waals surface area contributed by atoms with Gasteiger partial charge in [-0.15, -0.1) is 21.5 Å². The molecule has 1 aliphatic rings. The summed E-state index contributed by atoms with van der Waals surface area (Å²) in [5, 5.41) is 17.6. The maximum atomic E-state index is 13.9. The molecule has 5 rings (SSSR count). The smallest absolute Gasteiger partial charge is 0.408 e. The summed E-state index contributed by atoms with van der Waals surface area (Å²) in [5.74, 6) is 0.630. The number of rotatable bonds is 9. The molecule has 0 unspecified atom stereocenters. The zero-order chi connectivity index (χ0) is 31.5. The van der Waals surface area contributed by atoms with Gasteiger partial charge in [0, 0.05) is 41.7 Å². The molecule has 1 saturated heterocycles. The summed E-state index contributed by atoms with van der Waals surface area (Å²) in [5.41, 5.74) is 0.891. The Kier molecular flexibility index (Phi) is 9.00. The molecule has 3 aromatic heterocycles. The number of pyridine rings is 1. The van der Waals surface area contributed by atoms with E-state index in [1.54, 1.807) is 30.4 Å². The first-order valence-electron chi connectivity index (χ1n) is 14.8. The monoisotopic (exact) mass is 617 g/mol. The number of aromatic nitrogens is 4. The lowest BCUT2D eigenvalue weighted by Crippen LogP contribution is -2.45. The number of nitrogens with one attached hydrogen (secondary N) is 2. The first kappa shape index (κ1) is 31.1. The number of thiazole rings is 1. The Morgan fingerprint density at radius 3 is 2.57 bits per heavy atom. The molecule has 2 atom stereocenters. The SMILES string of the molecule is CCNc1cc(C(=O)N2CCC[C@@H]2c2nc(C)cs2)cc(-c2nnc([C@@](C)(Cc3ccccc3)OC(=O)NC(C)(C)C)o2)n1. The average Bonchev–Trinajstić information content (AvgIpc) is 3.73. The van der Waals surface area contributed by atoms with Crippen molar-refractivity contribution in [3.8, 4) is 11.6 Å². The van der Waals surface area contributed by atoms with Crippen molar-refractivity contribution >= 4 is 29.2 Å². The topological polar surface area (TPSA) is 135 Å². The third-order valence-electron chi connectivity index (χ3n) is 7.14. The summed E-state index contributed by atoms with van der Waals surface area (Å²) >= 11 is 1.58. The quantitative estimate of drug-likeness (QED) is 0.222. The normalized spacial score (nSPS) is 16.4. The van der Waals surface area contributed by atoms with Crippen LogP contribution in [0.15, 0.2) is 52.3 Å². The van der Waals surface area contributed by atoms with Crippen molar-refractivity contribution in [3.63, 3.8) is 0 Å². The van der Waals surface area contributed by atoms with Crippen LogP contribution < -0.4 is 10.6 Å². The Labute approximate surface area is 261 Å². The third-order valence-corrected chi connectivity index (χ3v) is 8.21. The van der Waals surface area contributed by atoms with Gasteiger partial charge < -0.3 is 24.7 Å². The molecular formula is C32H39N7O4S. The molecule has 0 saturated carbocycles. The van der Waals surface area contributed by atoms with Crippen LogP contribution in [0.1, 0.15) is 86.0 Å². The lowest BCUT2D eigenvalue weighted by atomic mass is 9.96. The van der Waals surface area contributed by atoms with Crippen LogP contribution in [-0.4, -0.2) is 55.7 Å². The van der Waals surface area contributed by atoms with Crippen molar-refractivity contribution in [2.75, 3.05) is 18.4 Å². The van der Waals surface area contributed by atoms with E-state index in [4.69, 9.17) is 9.15 Å². The molecular weight excluding hydrogens is 578 g/mol. The molecule has 0 bridgehead atoms. The second-order valence-corrected chi connectivity index (χ2v) is 13.1. The van der Waals surface area contributed by atoms with Crippen LogP contribution in [0.4, 0.5) is 10.6 Å². The summed E-state index contributed by atoms with van der Waals surface area (Å²) in [4.78, 5) is 38.0. The van der Waals surface area contributed by atoms with Gasteiger partial charge in [0.15, 0.2) is 5.60 Å². The van der Waals surface area contributed by atoms with Gasteiger partial charge in [0.2, 0.25) is 0 Å². The standard InChI is InChI=1S/C32H39N7O4S/c1-7-33-25-17-22(28(40)39-15-11-14-24(39)27-34-20(2)19-44-27)16-23(35-25)26-37-38-29(42-26)32(6,18-21-12-9-8-10-13-21)43-30(41)36-31(3,4)5/h8-10,12-13,16-17,19,24H,7,11,14-15,18H2,1-6H3,(H,33,35)(H,36,41)/t24-,32-/m1/s1. The number of nitrogens with zero attached hydrogens (tertiary/aromatic N) is 5. The van der Waals surface area contributed by atoms with E-state index in [9.17, 15) is 9.59 Å². The summed E-state index contributed by atoms with van der Waals surface area (Å²) in [6.45, 7) is 12.5. The predicted molar refractivity (Wildman–Crippen MR) is 168 cm³/mol. The minimum Gasteiger partial charge on any atom is -0.433 e. The Morgan fingerprint density at radius 2 is 1.89 bits per heavy atom. The van der Waals surface area contributed by atoms with Crippen molar-refractivity contribution < 1.29 is 18.7 Å². The van der Waals surface area contributed by atoms with Crippen LogP contribution in [0.5, 0.6) is 0 Å². The highest BCUT2D eigenvalue weighted by Crippen LogP contribution is 2.36. The van der Waals surface area contributed by atoms with Gasteiger partial charge in [-0.3, -0.25) is 4.79 Å². The van der Waals surface area contributed by atoms with Gasteiger partial charge in [0.05, 0.1) is 6.04 Å². The largest absolute Gasteiger partial charge is 0.433 e. The van der Waals surface area contributed by atoms with E-state index in [0.29, 0.717) is 36.6 Å². The number of hydrogen-bond donors (Lipinski definition) is 2. The summed E-state index contributed by atoms with van der Waals surface area (Å²) in [6, 6.07) is 13.0. The number of hydrogen-bond acceptors (Lipinski definition) is 10. The predicted octanol–water partition coefficient (Wildman–Crippen LogP) is 6.29. The van der Waals surface area contributed by atoms with E-state index in [1.807, 2.05) is 75.2 Å². The van der Waals surface area contributed by atoms with Gasteiger partial charge in [-0.05, 0) is 72.1 Å². The molecule has 12 heteroatoms. The van der Waals surface area contributed by atoms with E-state index in [0.717, 1.165) is 29.1 Å². The summed E-state index contributed by atoms with van der Waals surface area (Å²) < 4.78 is 12.1. The van der Waals surface area contributed by atoms with Gasteiger partial charge in [0.25, 0.3) is 17.7 Å². The molecule has 4 heterocycles. The first-order valence-corrected chi connectivity index (χ1v) is 15.7. The molecule has 2 N–H and O–H groups in total. The summed E-state index contributed by atoms with van der Waals surface area (Å²) in [6.07, 6.45) is 1.47. The second kappa shape index (κ2) is 12.7. The van der Waals surface area contributed by atoms with Crippen LogP contribution >= 0.6 is 11.3 Å². The number of carbonyl (C=O) groups is 2. The number of benzene rings is 1. The highest BCUT2D eigenvalue weighted by Gasteiger charge is 2.39. The van der Waals surface area contributed by atoms with Crippen molar-refractivity contribution in [2.24, 2.45) is 0 Å². The highest BCUT2D eigenvalue weighted by atomic mass is 32.1. The number of alkyl carbamates (subject to hydrolysis) is 1. The Morgan fingerprint density at radius 1 is 1.11 bits per heavy atom. The number of anilines is 1. The Hall–Kier alpha value is -4.32. The van der Waals surface area contributed by atoms with Gasteiger partial charge >= 0.3 is 6.09 Å². The number of amides is 2. The second-order valence-electron chi connectivity index (χ2n) is 12.2. The fraction of sp³-hybridized carbons (Fsp3) is 0.438. The fourth-order valence-electron chi connectivity index (χ4n) is 5.21. The molecule has 11 nitrogen and oxygen atoms in total. The number of likely N-dealkylation sites (tertiary alicyclic amines) is 1. The molecule has 232 valence electrons. The highest BCUT2D eigenvalue weighted by molar-refractivity contribution is 7.09. The zero-order valence-corrected chi connectivity index (χ0v) is 26.8. The first-order chi connectivity index (χ1) is 20.9. The fourth-order valence-corrected chi connectivity index (χ4v) is 6.15. The zero-order valence-electron chi connectivity index (χ0n) is 26.0. The van der Waals surface area contributed by atoms with Crippen molar-refractivity contribution in [1.82, 2.24) is 30.4 Å². The van der Waals surface area contributed by atoms with Crippen molar-refractivity contribution in [3.05, 3.63) is 75.6 Å². The minimum absolute atomic E-state index is 0.0644. The van der Waals surface area contributed by atoms with Crippen molar-refractivity contribution in [2.45, 2.75) is 78.0 Å². The molecule has 2 amide bonds. The Bertz CT molecular complexity index is 1610. The van der Waals surface area contributed by atoms with Gasteiger partial charge in [-0.1, -0.05) is 30.3 Å². The molecule has 1 aromatic carbocycles. The molecule has 4 aromatic rings. The average molecular weight is 618 g/mol. The van der Waals surface area contributed by atoms with E-state index in [2.05, 4.69) is 30.8 Å². The molecule has 0 spiro atoms. The van der Waals surface area contributed by atoms with Crippen LogP contribution in [0.3, 0.4) is 0 Å².